The van der Waals surface area contributed by atoms with Crippen LogP contribution in [-0.2, 0) is 11.2 Å². The second kappa shape index (κ2) is 7.95. The quantitative estimate of drug-likeness (QED) is 0.700. The third-order valence-electron chi connectivity index (χ3n) is 4.93. The molecule has 0 aliphatic carbocycles. The van der Waals surface area contributed by atoms with Crippen molar-refractivity contribution in [2.24, 2.45) is 0 Å². The number of aromatic amines is 1. The number of fused-ring (bicyclic) bond motifs is 1. The summed E-state index contributed by atoms with van der Waals surface area (Å²) >= 11 is 0. The number of amides is 1. The maximum atomic E-state index is 12.7. The number of anilines is 1. The predicted molar refractivity (Wildman–Crippen MR) is 105 cm³/mol. The summed E-state index contributed by atoms with van der Waals surface area (Å²) in [6, 6.07) is 7.74. The monoisotopic (exact) mass is 382 g/mol. The number of benzene rings is 1. The Labute approximate surface area is 161 Å². The van der Waals surface area contributed by atoms with E-state index in [1.165, 1.54) is 11.9 Å². The lowest BCUT2D eigenvalue weighted by atomic mass is 10.1. The molecule has 28 heavy (non-hydrogen) atoms. The van der Waals surface area contributed by atoms with Crippen molar-refractivity contribution in [1.29, 1.82) is 0 Å². The zero-order chi connectivity index (χ0) is 19.5. The van der Waals surface area contributed by atoms with Crippen LogP contribution in [0.5, 0.6) is 0 Å². The summed E-state index contributed by atoms with van der Waals surface area (Å²) in [4.78, 5) is 33.6. The molecule has 1 fully saturated rings. The van der Waals surface area contributed by atoms with E-state index >= 15 is 0 Å². The molecule has 3 heterocycles. The van der Waals surface area contributed by atoms with Crippen molar-refractivity contribution >= 4 is 22.7 Å². The number of carbonyl (C=O) groups is 1. The van der Waals surface area contributed by atoms with Gasteiger partial charge < -0.3 is 19.5 Å². The van der Waals surface area contributed by atoms with Gasteiger partial charge in [-0.3, -0.25) is 14.5 Å². The third kappa shape index (κ3) is 3.83. The van der Waals surface area contributed by atoms with E-state index in [4.69, 9.17) is 9.15 Å². The van der Waals surface area contributed by atoms with Gasteiger partial charge in [0.05, 0.1) is 25.1 Å². The number of hydrogen-bond donors (Lipinski definition) is 2. The van der Waals surface area contributed by atoms with Crippen LogP contribution in [-0.4, -0.2) is 53.6 Å². The fourth-order valence-corrected chi connectivity index (χ4v) is 3.39. The molecule has 1 amide bonds. The largest absolute Gasteiger partial charge is 0.442 e. The number of aromatic nitrogens is 2. The van der Waals surface area contributed by atoms with Gasteiger partial charge in [-0.05, 0) is 31.0 Å². The number of furan rings is 1. The minimum Gasteiger partial charge on any atom is -0.442 e. The summed E-state index contributed by atoms with van der Waals surface area (Å²) in [5, 5.41) is 3.00. The molecule has 2 N–H and O–H groups in total. The Kier molecular flexibility index (Phi) is 5.23. The molecule has 0 unspecified atom stereocenters. The van der Waals surface area contributed by atoms with Gasteiger partial charge in [0.2, 0.25) is 5.71 Å². The molecule has 1 aliphatic rings. The zero-order valence-electron chi connectivity index (χ0n) is 15.7. The van der Waals surface area contributed by atoms with Crippen LogP contribution < -0.4 is 10.9 Å². The van der Waals surface area contributed by atoms with Crippen molar-refractivity contribution in [2.75, 3.05) is 38.2 Å². The molecule has 8 heteroatoms. The molecule has 1 aromatic carbocycles. The molecule has 146 valence electrons. The van der Waals surface area contributed by atoms with E-state index in [2.05, 4.69) is 20.2 Å². The van der Waals surface area contributed by atoms with Crippen LogP contribution in [0.4, 0.5) is 5.69 Å². The number of rotatable bonds is 5. The normalized spacial score (nSPS) is 15.0. The lowest BCUT2D eigenvalue weighted by Gasteiger charge is -2.26. The molecule has 0 atom stereocenters. The van der Waals surface area contributed by atoms with Crippen molar-refractivity contribution in [3.8, 4) is 0 Å². The summed E-state index contributed by atoms with van der Waals surface area (Å²) < 4.78 is 10.8. The number of nitrogens with one attached hydrogen (secondary N) is 2. The maximum absolute atomic E-state index is 12.7. The standard InChI is InChI=1S/C20H22N4O4/c1-13-16(17-18(25)21-12-22-20(17)28-13)19(26)23-15-4-2-14(3-5-15)6-7-24-8-10-27-11-9-24/h2-5,12H,6-11H2,1H3,(H,23,26)(H,21,22,25). The first kappa shape index (κ1) is 18.4. The van der Waals surface area contributed by atoms with Crippen LogP contribution in [0, 0.1) is 6.92 Å². The van der Waals surface area contributed by atoms with E-state index in [0.717, 1.165) is 39.3 Å². The highest BCUT2D eigenvalue weighted by molar-refractivity contribution is 6.12. The summed E-state index contributed by atoms with van der Waals surface area (Å²) in [5.41, 5.74) is 1.83. The van der Waals surface area contributed by atoms with Gasteiger partial charge >= 0.3 is 0 Å². The fourth-order valence-electron chi connectivity index (χ4n) is 3.39. The van der Waals surface area contributed by atoms with Crippen molar-refractivity contribution in [2.45, 2.75) is 13.3 Å². The Morgan fingerprint density at radius 1 is 1.25 bits per heavy atom. The molecule has 0 bridgehead atoms. The number of ether oxygens (including phenoxy) is 1. The molecule has 3 aromatic rings. The summed E-state index contributed by atoms with van der Waals surface area (Å²) in [5.74, 6) is -0.0327. The highest BCUT2D eigenvalue weighted by atomic mass is 16.5. The minimum atomic E-state index is -0.398. The lowest BCUT2D eigenvalue weighted by molar-refractivity contribution is 0.0384. The molecule has 0 spiro atoms. The first-order valence-corrected chi connectivity index (χ1v) is 9.29. The van der Waals surface area contributed by atoms with Gasteiger partial charge in [0.15, 0.2) is 0 Å². The molecule has 4 rings (SSSR count). The smallest absolute Gasteiger partial charge is 0.262 e. The first-order valence-electron chi connectivity index (χ1n) is 9.29. The Hall–Kier alpha value is -2.97. The van der Waals surface area contributed by atoms with Crippen LogP contribution in [0.15, 0.2) is 39.8 Å². The first-order chi connectivity index (χ1) is 13.6. The maximum Gasteiger partial charge on any atom is 0.262 e. The van der Waals surface area contributed by atoms with Gasteiger partial charge in [0.25, 0.3) is 11.5 Å². The number of carbonyl (C=O) groups excluding carboxylic acids is 1. The van der Waals surface area contributed by atoms with Crippen LogP contribution >= 0.6 is 0 Å². The summed E-state index contributed by atoms with van der Waals surface area (Å²) in [6.07, 6.45) is 2.20. The Bertz CT molecular complexity index is 1030. The second-order valence-electron chi connectivity index (χ2n) is 6.80. The average molecular weight is 382 g/mol. The number of hydrogen-bond acceptors (Lipinski definition) is 6. The molecule has 2 aromatic heterocycles. The summed E-state index contributed by atoms with van der Waals surface area (Å²) in [7, 11) is 0. The van der Waals surface area contributed by atoms with Crippen molar-refractivity contribution < 1.29 is 13.9 Å². The van der Waals surface area contributed by atoms with Gasteiger partial charge in [0.1, 0.15) is 11.1 Å². The number of morpholine rings is 1. The molecular weight excluding hydrogens is 360 g/mol. The molecule has 1 aliphatic heterocycles. The Morgan fingerprint density at radius 3 is 2.75 bits per heavy atom. The number of aryl methyl sites for hydroxylation is 1. The highest BCUT2D eigenvalue weighted by Crippen LogP contribution is 2.22. The van der Waals surface area contributed by atoms with E-state index in [1.54, 1.807) is 6.92 Å². The van der Waals surface area contributed by atoms with E-state index in [0.29, 0.717) is 11.4 Å². The van der Waals surface area contributed by atoms with Gasteiger partial charge in [-0.25, -0.2) is 4.98 Å². The average Bonchev–Trinajstić information content (AvgIpc) is 3.05. The topological polar surface area (TPSA) is 100 Å². The molecule has 0 radical (unpaired) electrons. The fraction of sp³-hybridized carbons (Fsp3) is 0.350. The van der Waals surface area contributed by atoms with E-state index < -0.39 is 11.5 Å². The Balaban J connectivity index is 1.44. The van der Waals surface area contributed by atoms with Crippen LogP contribution in [0.3, 0.4) is 0 Å². The van der Waals surface area contributed by atoms with Crippen molar-refractivity contribution in [3.63, 3.8) is 0 Å². The Morgan fingerprint density at radius 2 is 2.00 bits per heavy atom. The summed E-state index contributed by atoms with van der Waals surface area (Å²) in [6.45, 7) is 6.17. The molecule has 1 saturated heterocycles. The number of H-pyrrole nitrogens is 1. The zero-order valence-corrected chi connectivity index (χ0v) is 15.7. The lowest BCUT2D eigenvalue weighted by Crippen LogP contribution is -2.37. The molecule has 0 saturated carbocycles. The van der Waals surface area contributed by atoms with E-state index in [-0.39, 0.29) is 16.7 Å². The minimum absolute atomic E-state index is 0.157. The van der Waals surface area contributed by atoms with Gasteiger partial charge in [0, 0.05) is 25.3 Å². The van der Waals surface area contributed by atoms with Crippen molar-refractivity contribution in [3.05, 3.63) is 57.8 Å². The van der Waals surface area contributed by atoms with Gasteiger partial charge in [-0.2, -0.15) is 0 Å². The SMILES string of the molecule is Cc1oc2nc[nH]c(=O)c2c1C(=O)Nc1ccc(CCN2CCOCC2)cc1. The van der Waals surface area contributed by atoms with Crippen LogP contribution in [0.2, 0.25) is 0 Å². The highest BCUT2D eigenvalue weighted by Gasteiger charge is 2.21. The van der Waals surface area contributed by atoms with Gasteiger partial charge in [-0.15, -0.1) is 0 Å². The van der Waals surface area contributed by atoms with Crippen molar-refractivity contribution in [1.82, 2.24) is 14.9 Å². The van der Waals surface area contributed by atoms with Crippen LogP contribution in [0.25, 0.3) is 11.1 Å². The molecule has 8 nitrogen and oxygen atoms in total. The number of nitrogens with zero attached hydrogens (tertiary/aromatic N) is 2. The van der Waals surface area contributed by atoms with Gasteiger partial charge in [-0.1, -0.05) is 12.1 Å². The third-order valence-corrected chi connectivity index (χ3v) is 4.93. The van der Waals surface area contributed by atoms with E-state index in [1.807, 2.05) is 24.3 Å². The second-order valence-corrected chi connectivity index (χ2v) is 6.80. The molecular formula is C20H22N4O4. The van der Waals surface area contributed by atoms with E-state index in [9.17, 15) is 9.59 Å². The van der Waals surface area contributed by atoms with Crippen LogP contribution in [0.1, 0.15) is 21.7 Å². The predicted octanol–water partition coefficient (Wildman–Crippen LogP) is 1.95.